The smallest absolute Gasteiger partial charge is 0.251 e. The van der Waals surface area contributed by atoms with Gasteiger partial charge < -0.3 is 10.2 Å². The Morgan fingerprint density at radius 2 is 1.72 bits per heavy atom. The molecule has 0 bridgehead atoms. The molecule has 2 heterocycles. The van der Waals surface area contributed by atoms with E-state index in [9.17, 15) is 4.79 Å². The molecule has 0 aliphatic carbocycles. The van der Waals surface area contributed by atoms with Crippen molar-refractivity contribution in [2.45, 2.75) is 26.8 Å². The summed E-state index contributed by atoms with van der Waals surface area (Å²) in [5.41, 5.74) is 6.96. The molecule has 0 spiro atoms. The van der Waals surface area contributed by atoms with Gasteiger partial charge in [0.15, 0.2) is 0 Å². The minimum Gasteiger partial charge on any atom is -0.369 e. The van der Waals surface area contributed by atoms with Crippen molar-refractivity contribution in [3.05, 3.63) is 94.8 Å². The fraction of sp³-hybridized carbons (Fsp3) is 0.333. The molecular weight excluding hydrogens is 396 g/mol. The van der Waals surface area contributed by atoms with Gasteiger partial charge in [-0.3, -0.25) is 14.7 Å². The van der Waals surface area contributed by atoms with E-state index in [0.29, 0.717) is 12.1 Å². The molecule has 4 rings (SSSR count). The van der Waals surface area contributed by atoms with E-state index < -0.39 is 0 Å². The molecular formula is C27H32N4O. The van der Waals surface area contributed by atoms with Crippen LogP contribution in [0.3, 0.4) is 0 Å². The number of anilines is 1. The van der Waals surface area contributed by atoms with E-state index in [1.54, 1.807) is 6.20 Å². The van der Waals surface area contributed by atoms with Gasteiger partial charge in [-0.05, 0) is 66.9 Å². The summed E-state index contributed by atoms with van der Waals surface area (Å²) >= 11 is 0. The third-order valence-corrected chi connectivity index (χ3v) is 6.24. The molecule has 1 aromatic heterocycles. The van der Waals surface area contributed by atoms with Crippen LogP contribution in [0.25, 0.3) is 0 Å². The molecule has 0 atom stereocenters. The molecule has 2 aromatic carbocycles. The van der Waals surface area contributed by atoms with E-state index in [-0.39, 0.29) is 5.91 Å². The Kier molecular flexibility index (Phi) is 7.17. The van der Waals surface area contributed by atoms with Crippen LogP contribution in [-0.4, -0.2) is 48.5 Å². The number of carbonyl (C=O) groups excluding carboxylic acids is 1. The van der Waals surface area contributed by atoms with Gasteiger partial charge in [0.2, 0.25) is 0 Å². The zero-order valence-electron chi connectivity index (χ0n) is 19.1. The summed E-state index contributed by atoms with van der Waals surface area (Å²) in [5.74, 6) is -0.0329. The van der Waals surface area contributed by atoms with Gasteiger partial charge in [0.05, 0.1) is 0 Å². The minimum atomic E-state index is -0.0329. The molecule has 166 valence electrons. The Hall–Kier alpha value is -3.18. The van der Waals surface area contributed by atoms with Crippen molar-refractivity contribution in [2.24, 2.45) is 0 Å². The lowest BCUT2D eigenvalue weighted by Gasteiger charge is -2.36. The van der Waals surface area contributed by atoms with Crippen LogP contribution in [0.15, 0.2) is 66.9 Å². The van der Waals surface area contributed by atoms with Crippen LogP contribution in [0.1, 0.15) is 32.7 Å². The highest BCUT2D eigenvalue weighted by Gasteiger charge is 2.18. The number of aryl methyl sites for hydroxylation is 2. The zero-order valence-corrected chi connectivity index (χ0v) is 19.1. The van der Waals surface area contributed by atoms with E-state index >= 15 is 0 Å². The quantitative estimate of drug-likeness (QED) is 0.618. The van der Waals surface area contributed by atoms with Crippen molar-refractivity contribution >= 4 is 11.6 Å². The third kappa shape index (κ3) is 5.74. The van der Waals surface area contributed by atoms with Gasteiger partial charge in [0, 0.05) is 68.8 Å². The average Bonchev–Trinajstić information content (AvgIpc) is 2.82. The second-order valence-electron chi connectivity index (χ2n) is 8.56. The summed E-state index contributed by atoms with van der Waals surface area (Å²) in [5, 5.41) is 2.98. The van der Waals surface area contributed by atoms with Crippen molar-refractivity contribution in [2.75, 3.05) is 37.6 Å². The fourth-order valence-corrected chi connectivity index (χ4v) is 4.06. The number of aromatic nitrogens is 1. The van der Waals surface area contributed by atoms with E-state index in [0.717, 1.165) is 44.8 Å². The van der Waals surface area contributed by atoms with Crippen LogP contribution in [0.5, 0.6) is 0 Å². The highest BCUT2D eigenvalue weighted by atomic mass is 16.1. The monoisotopic (exact) mass is 428 g/mol. The number of amides is 1. The van der Waals surface area contributed by atoms with Crippen LogP contribution < -0.4 is 10.2 Å². The van der Waals surface area contributed by atoms with Gasteiger partial charge in [0.25, 0.3) is 5.91 Å². The van der Waals surface area contributed by atoms with Crippen molar-refractivity contribution in [3.8, 4) is 0 Å². The largest absolute Gasteiger partial charge is 0.369 e. The molecule has 0 saturated carbocycles. The molecule has 1 N–H and O–H groups in total. The van der Waals surface area contributed by atoms with Gasteiger partial charge >= 0.3 is 0 Å². The Labute approximate surface area is 191 Å². The van der Waals surface area contributed by atoms with Crippen molar-refractivity contribution in [1.29, 1.82) is 0 Å². The second kappa shape index (κ2) is 10.4. The predicted octanol–water partition coefficient (Wildman–Crippen LogP) is 3.99. The number of carbonyl (C=O) groups is 1. The first-order chi connectivity index (χ1) is 15.6. The first kappa shape index (κ1) is 22.0. The molecule has 5 nitrogen and oxygen atoms in total. The molecule has 0 unspecified atom stereocenters. The summed E-state index contributed by atoms with van der Waals surface area (Å²) < 4.78 is 0. The lowest BCUT2D eigenvalue weighted by molar-refractivity contribution is 0.0954. The molecule has 1 fully saturated rings. The van der Waals surface area contributed by atoms with Crippen LogP contribution in [0.4, 0.5) is 5.69 Å². The molecule has 3 aromatic rings. The number of nitrogens with zero attached hydrogens (tertiary/aromatic N) is 3. The van der Waals surface area contributed by atoms with E-state index in [4.69, 9.17) is 0 Å². The Balaban J connectivity index is 1.23. The summed E-state index contributed by atoms with van der Waals surface area (Å²) in [4.78, 5) is 21.6. The second-order valence-corrected chi connectivity index (χ2v) is 8.56. The van der Waals surface area contributed by atoms with Crippen LogP contribution >= 0.6 is 0 Å². The molecule has 5 heteroatoms. The van der Waals surface area contributed by atoms with Gasteiger partial charge in [-0.2, -0.15) is 0 Å². The predicted molar refractivity (Wildman–Crippen MR) is 130 cm³/mol. The SMILES string of the molecule is Cc1ccc(N2CCN(Cc3ccc(C(=O)NCCc4ccccn4)cc3)CC2)cc1C. The van der Waals surface area contributed by atoms with Gasteiger partial charge in [-0.15, -0.1) is 0 Å². The molecule has 1 amide bonds. The standard InChI is InChI=1S/C27H32N4O/c1-21-6-11-26(19-22(21)2)31-17-15-30(16-18-31)20-23-7-9-24(10-8-23)27(32)29-14-12-25-5-3-4-13-28-25/h3-11,13,19H,12,14-18,20H2,1-2H3,(H,29,32). The third-order valence-electron chi connectivity index (χ3n) is 6.24. The molecule has 1 saturated heterocycles. The van der Waals surface area contributed by atoms with Crippen molar-refractivity contribution < 1.29 is 4.79 Å². The lowest BCUT2D eigenvalue weighted by atomic mass is 10.1. The van der Waals surface area contributed by atoms with Crippen molar-refractivity contribution in [3.63, 3.8) is 0 Å². The van der Waals surface area contributed by atoms with Crippen LogP contribution in [0.2, 0.25) is 0 Å². The topological polar surface area (TPSA) is 48.5 Å². The van der Waals surface area contributed by atoms with Gasteiger partial charge in [-0.25, -0.2) is 0 Å². The maximum atomic E-state index is 12.4. The zero-order chi connectivity index (χ0) is 22.3. The molecule has 0 radical (unpaired) electrons. The number of hydrogen-bond donors (Lipinski definition) is 1. The van der Waals surface area contributed by atoms with E-state index in [2.05, 4.69) is 64.3 Å². The summed E-state index contributed by atoms with van der Waals surface area (Å²) in [7, 11) is 0. The Morgan fingerprint density at radius 3 is 2.41 bits per heavy atom. The maximum absolute atomic E-state index is 12.4. The van der Waals surface area contributed by atoms with Crippen molar-refractivity contribution in [1.82, 2.24) is 15.2 Å². The maximum Gasteiger partial charge on any atom is 0.251 e. The van der Waals surface area contributed by atoms with Gasteiger partial charge in [-0.1, -0.05) is 24.3 Å². The number of piperazine rings is 1. The number of rotatable bonds is 7. The number of hydrogen-bond acceptors (Lipinski definition) is 4. The van der Waals surface area contributed by atoms with Gasteiger partial charge in [0.1, 0.15) is 0 Å². The Morgan fingerprint density at radius 1 is 0.938 bits per heavy atom. The van der Waals surface area contributed by atoms with E-state index in [1.165, 1.54) is 22.4 Å². The number of nitrogens with one attached hydrogen (secondary N) is 1. The Bertz CT molecular complexity index is 1030. The van der Waals surface area contributed by atoms with Crippen LogP contribution in [0, 0.1) is 13.8 Å². The minimum absolute atomic E-state index is 0.0329. The first-order valence-corrected chi connectivity index (χ1v) is 11.4. The highest BCUT2D eigenvalue weighted by Crippen LogP contribution is 2.21. The van der Waals surface area contributed by atoms with Crippen LogP contribution in [-0.2, 0) is 13.0 Å². The molecule has 1 aliphatic heterocycles. The lowest BCUT2D eigenvalue weighted by Crippen LogP contribution is -2.46. The normalized spacial score (nSPS) is 14.4. The summed E-state index contributed by atoms with van der Waals surface area (Å²) in [6.45, 7) is 10.0. The number of benzene rings is 2. The first-order valence-electron chi connectivity index (χ1n) is 11.4. The van der Waals surface area contributed by atoms with E-state index in [1.807, 2.05) is 30.3 Å². The molecule has 32 heavy (non-hydrogen) atoms. The number of pyridine rings is 1. The molecule has 1 aliphatic rings. The summed E-state index contributed by atoms with van der Waals surface area (Å²) in [6.07, 6.45) is 2.51. The average molecular weight is 429 g/mol. The fourth-order valence-electron chi connectivity index (χ4n) is 4.06. The highest BCUT2D eigenvalue weighted by molar-refractivity contribution is 5.94. The summed E-state index contributed by atoms with van der Waals surface area (Å²) in [6, 6.07) is 20.6.